The van der Waals surface area contributed by atoms with Crippen LogP contribution < -0.4 is 0 Å². The molecular weight excluding hydrogens is 152 g/mol. The molecule has 62 valence electrons. The first-order valence-corrected chi connectivity index (χ1v) is 5.08. The molecule has 0 amide bonds. The topological polar surface area (TPSA) is 43.4 Å². The minimum atomic E-state index is -2.98. The van der Waals surface area contributed by atoms with Crippen LogP contribution in [0, 0.1) is 0 Å². The van der Waals surface area contributed by atoms with Crippen molar-refractivity contribution in [2.45, 2.75) is 26.4 Å². The van der Waals surface area contributed by atoms with Crippen LogP contribution in [-0.2, 0) is 14.6 Å². The van der Waals surface area contributed by atoms with Gasteiger partial charge in [-0.2, -0.15) is 0 Å². The van der Waals surface area contributed by atoms with E-state index in [1.807, 2.05) is 20.8 Å². The fourth-order valence-corrected chi connectivity index (χ4v) is 0.851. The Balaban J connectivity index is 3.79. The van der Waals surface area contributed by atoms with Crippen molar-refractivity contribution < 1.29 is 13.2 Å². The zero-order valence-electron chi connectivity index (χ0n) is 6.84. The summed E-state index contributed by atoms with van der Waals surface area (Å²) in [6.45, 7) is 5.45. The van der Waals surface area contributed by atoms with Gasteiger partial charge >= 0.3 is 0 Å². The minimum absolute atomic E-state index is 0.198. The standard InChI is InChI=1S/C6H14O3S/c1-6(2,3)9-5-10(4,7)8/h5H2,1-4H3. The lowest BCUT2D eigenvalue weighted by Crippen LogP contribution is -2.23. The molecule has 0 heterocycles. The van der Waals surface area contributed by atoms with Gasteiger partial charge < -0.3 is 4.74 Å². The third-order valence-corrected chi connectivity index (χ3v) is 1.25. The Morgan fingerprint density at radius 3 is 1.80 bits per heavy atom. The highest BCUT2D eigenvalue weighted by Crippen LogP contribution is 2.06. The highest BCUT2D eigenvalue weighted by molar-refractivity contribution is 7.90. The maximum Gasteiger partial charge on any atom is 0.171 e. The van der Waals surface area contributed by atoms with E-state index in [-0.39, 0.29) is 11.5 Å². The second-order valence-corrected chi connectivity index (χ2v) is 5.39. The molecule has 0 aromatic rings. The van der Waals surface area contributed by atoms with Gasteiger partial charge in [0.05, 0.1) is 5.60 Å². The lowest BCUT2D eigenvalue weighted by Gasteiger charge is -2.18. The van der Waals surface area contributed by atoms with Gasteiger partial charge in [0.1, 0.15) is 5.94 Å². The van der Waals surface area contributed by atoms with Crippen molar-refractivity contribution in [3.05, 3.63) is 0 Å². The second-order valence-electron chi connectivity index (χ2n) is 3.30. The lowest BCUT2D eigenvalue weighted by atomic mass is 10.2. The molecule has 0 aliphatic carbocycles. The average Bonchev–Trinajstić information content (AvgIpc) is 1.57. The first-order chi connectivity index (χ1) is 4.21. The molecule has 0 rings (SSSR count). The Kier molecular flexibility index (Phi) is 2.86. The zero-order chi connectivity index (χ0) is 8.41. The third kappa shape index (κ3) is 7.91. The predicted molar refractivity (Wildman–Crippen MR) is 40.5 cm³/mol. The maximum atomic E-state index is 10.6. The molecule has 0 aromatic carbocycles. The van der Waals surface area contributed by atoms with Crippen molar-refractivity contribution in [3.8, 4) is 0 Å². The van der Waals surface area contributed by atoms with E-state index in [4.69, 9.17) is 4.74 Å². The molecule has 4 heteroatoms. The Bertz CT molecular complexity index is 186. The molecule has 0 aromatic heterocycles. The fourth-order valence-electron chi connectivity index (χ4n) is 0.284. The monoisotopic (exact) mass is 166 g/mol. The van der Waals surface area contributed by atoms with Crippen LogP contribution in [0.15, 0.2) is 0 Å². The molecule has 0 aliphatic rings. The number of sulfone groups is 1. The van der Waals surface area contributed by atoms with Crippen LogP contribution in [0.25, 0.3) is 0 Å². The van der Waals surface area contributed by atoms with Gasteiger partial charge in [-0.3, -0.25) is 0 Å². The van der Waals surface area contributed by atoms with Crippen molar-refractivity contribution in [1.82, 2.24) is 0 Å². The Labute approximate surface area is 62.3 Å². The number of hydrogen-bond donors (Lipinski definition) is 0. The van der Waals surface area contributed by atoms with Crippen molar-refractivity contribution in [2.75, 3.05) is 12.2 Å². The first kappa shape index (κ1) is 9.91. The average molecular weight is 166 g/mol. The van der Waals surface area contributed by atoms with Crippen molar-refractivity contribution in [1.29, 1.82) is 0 Å². The van der Waals surface area contributed by atoms with E-state index in [2.05, 4.69) is 0 Å². The Hall–Kier alpha value is -0.0900. The molecule has 0 radical (unpaired) electrons. The fraction of sp³-hybridized carbons (Fsp3) is 1.00. The molecule has 0 N–H and O–H groups in total. The molecule has 0 atom stereocenters. The van der Waals surface area contributed by atoms with E-state index in [0.717, 1.165) is 6.26 Å². The number of rotatable bonds is 2. The summed E-state index contributed by atoms with van der Waals surface area (Å²) in [6.07, 6.45) is 1.15. The largest absolute Gasteiger partial charge is 0.360 e. The highest BCUT2D eigenvalue weighted by Gasteiger charge is 2.13. The van der Waals surface area contributed by atoms with Gasteiger partial charge in [0.15, 0.2) is 9.84 Å². The van der Waals surface area contributed by atoms with Gasteiger partial charge in [-0.05, 0) is 20.8 Å². The number of hydrogen-bond acceptors (Lipinski definition) is 3. The highest BCUT2D eigenvalue weighted by atomic mass is 32.2. The minimum Gasteiger partial charge on any atom is -0.360 e. The molecule has 0 bridgehead atoms. The smallest absolute Gasteiger partial charge is 0.171 e. The molecule has 0 aliphatic heterocycles. The van der Waals surface area contributed by atoms with Crippen molar-refractivity contribution in [2.24, 2.45) is 0 Å². The van der Waals surface area contributed by atoms with Crippen LogP contribution in [0.3, 0.4) is 0 Å². The van der Waals surface area contributed by atoms with E-state index >= 15 is 0 Å². The van der Waals surface area contributed by atoms with Gasteiger partial charge in [0.2, 0.25) is 0 Å². The van der Waals surface area contributed by atoms with E-state index in [9.17, 15) is 8.42 Å². The molecule has 0 spiro atoms. The van der Waals surface area contributed by atoms with Crippen LogP contribution in [-0.4, -0.2) is 26.2 Å². The first-order valence-electron chi connectivity index (χ1n) is 3.02. The van der Waals surface area contributed by atoms with Gasteiger partial charge in [-0.25, -0.2) is 8.42 Å². The lowest BCUT2D eigenvalue weighted by molar-refractivity contribution is 0.0256. The predicted octanol–water partition coefficient (Wildman–Crippen LogP) is 0.804. The molecule has 0 saturated carbocycles. The SMILES string of the molecule is CC(C)(C)OCS(C)(=O)=O. The van der Waals surface area contributed by atoms with Gasteiger partial charge in [-0.15, -0.1) is 0 Å². The van der Waals surface area contributed by atoms with E-state index in [1.54, 1.807) is 0 Å². The van der Waals surface area contributed by atoms with Crippen LogP contribution in [0.5, 0.6) is 0 Å². The normalized spacial score (nSPS) is 13.6. The van der Waals surface area contributed by atoms with E-state index < -0.39 is 9.84 Å². The molecule has 0 fully saturated rings. The molecule has 0 saturated heterocycles. The Morgan fingerprint density at radius 2 is 1.70 bits per heavy atom. The van der Waals surface area contributed by atoms with Crippen molar-refractivity contribution >= 4 is 9.84 Å². The van der Waals surface area contributed by atoms with Crippen LogP contribution in [0.1, 0.15) is 20.8 Å². The van der Waals surface area contributed by atoms with Crippen molar-refractivity contribution in [3.63, 3.8) is 0 Å². The van der Waals surface area contributed by atoms with Gasteiger partial charge in [0.25, 0.3) is 0 Å². The van der Waals surface area contributed by atoms with Crippen LogP contribution in [0.4, 0.5) is 0 Å². The van der Waals surface area contributed by atoms with Crippen LogP contribution in [0.2, 0.25) is 0 Å². The summed E-state index contributed by atoms with van der Waals surface area (Å²) in [7, 11) is -2.98. The summed E-state index contributed by atoms with van der Waals surface area (Å²) in [4.78, 5) is 0. The third-order valence-electron chi connectivity index (χ3n) is 0.706. The molecule has 3 nitrogen and oxygen atoms in total. The van der Waals surface area contributed by atoms with Gasteiger partial charge in [0, 0.05) is 6.26 Å². The molecule has 0 unspecified atom stereocenters. The quantitative estimate of drug-likeness (QED) is 0.609. The Morgan fingerprint density at radius 1 is 1.30 bits per heavy atom. The van der Waals surface area contributed by atoms with Crippen LogP contribution >= 0.6 is 0 Å². The molecule has 10 heavy (non-hydrogen) atoms. The van der Waals surface area contributed by atoms with E-state index in [1.165, 1.54) is 0 Å². The van der Waals surface area contributed by atoms with Gasteiger partial charge in [-0.1, -0.05) is 0 Å². The van der Waals surface area contributed by atoms with E-state index in [0.29, 0.717) is 0 Å². The summed E-state index contributed by atoms with van der Waals surface area (Å²) in [5.74, 6) is -0.198. The summed E-state index contributed by atoms with van der Waals surface area (Å²) < 4.78 is 26.1. The zero-order valence-corrected chi connectivity index (χ0v) is 7.66. The summed E-state index contributed by atoms with van der Waals surface area (Å²) in [6, 6.07) is 0. The summed E-state index contributed by atoms with van der Waals surface area (Å²) >= 11 is 0. The summed E-state index contributed by atoms with van der Waals surface area (Å²) in [5, 5.41) is 0. The summed E-state index contributed by atoms with van der Waals surface area (Å²) in [5.41, 5.74) is -0.372. The maximum absolute atomic E-state index is 10.6. The second kappa shape index (κ2) is 2.88. The number of ether oxygens (including phenoxy) is 1. The molecular formula is C6H14O3S.